The molecule has 710 valence electrons. The Morgan fingerprint density at radius 1 is 0.474 bits per heavy atom. The number of benzene rings is 6. The van der Waals surface area contributed by atoms with E-state index in [-0.39, 0.29) is 89.7 Å². The Bertz CT molecular complexity index is 5990. The number of H-pyrrole nitrogens is 4. The number of alkyl carbamates (subject to hydrolysis) is 4. The summed E-state index contributed by atoms with van der Waals surface area (Å²) in [5.41, 5.74) is 12.5. The number of fused-ring (bicyclic) bond motifs is 12. The first-order chi connectivity index (χ1) is 63.5. The van der Waals surface area contributed by atoms with Gasteiger partial charge in [0.1, 0.15) is 77.8 Å². The predicted molar refractivity (Wildman–Crippen MR) is 495 cm³/mol. The molecule has 6 aromatic carbocycles. The van der Waals surface area contributed by atoms with Gasteiger partial charge in [-0.25, -0.2) is 48.7 Å². The minimum atomic E-state index is -1.06. The number of ether oxygens (including phenoxy) is 10. The topological polar surface area (TPSA) is 442 Å². The second-order valence-corrected chi connectivity index (χ2v) is 37.1. The molecule has 10 aromatic rings. The van der Waals surface area contributed by atoms with E-state index in [0.717, 1.165) is 155 Å². The molecule has 13 atom stereocenters. The van der Waals surface area contributed by atoms with E-state index in [2.05, 4.69) is 119 Å². The van der Waals surface area contributed by atoms with Crippen LogP contribution < -0.4 is 30.7 Å². The first-order valence-electron chi connectivity index (χ1n) is 45.2. The van der Waals surface area contributed by atoms with Crippen LogP contribution in [0.4, 0.5) is 24.0 Å². The molecule has 4 unspecified atom stereocenters. The van der Waals surface area contributed by atoms with Crippen LogP contribution in [0.2, 0.25) is 0 Å². The van der Waals surface area contributed by atoms with Gasteiger partial charge in [0.05, 0.1) is 118 Å². The second-order valence-electron chi connectivity index (χ2n) is 37.1. The van der Waals surface area contributed by atoms with Gasteiger partial charge in [0.2, 0.25) is 17.7 Å². The minimum Gasteiger partial charge on any atom is -0.488 e. The van der Waals surface area contributed by atoms with E-state index in [1.54, 1.807) is 51.0 Å². The summed E-state index contributed by atoms with van der Waals surface area (Å²) >= 11 is 0. The molecule has 36 heteroatoms. The van der Waals surface area contributed by atoms with Crippen molar-refractivity contribution in [3.05, 3.63) is 132 Å². The fourth-order valence-corrected chi connectivity index (χ4v) is 19.0. The highest BCUT2D eigenvalue weighted by molar-refractivity contribution is 6.08. The number of carboxylic acid groups (broad SMARTS) is 1. The molecule has 0 radical (unpaired) electrons. The largest absolute Gasteiger partial charge is 0.488 e. The first-order valence-corrected chi connectivity index (χ1v) is 45.2. The average molecular weight is 1830 g/mol. The molecule has 16 rings (SSSR count). The van der Waals surface area contributed by atoms with Crippen LogP contribution in [0.1, 0.15) is 180 Å². The van der Waals surface area contributed by atoms with Gasteiger partial charge >= 0.3 is 36.4 Å². The number of hydrogen-bond acceptors (Lipinski definition) is 23. The lowest BCUT2D eigenvalue weighted by Crippen LogP contribution is -2.54. The van der Waals surface area contributed by atoms with E-state index >= 15 is 0 Å². The molecule has 6 aliphatic heterocycles. The number of carboxylic acids is 1. The van der Waals surface area contributed by atoms with Gasteiger partial charge in [0.25, 0.3) is 0 Å². The van der Waals surface area contributed by atoms with Crippen molar-refractivity contribution >= 4 is 97.8 Å². The summed E-state index contributed by atoms with van der Waals surface area (Å²) in [6.07, 6.45) is 4.41. The highest BCUT2D eigenvalue weighted by atomic mass is 16.6. The van der Waals surface area contributed by atoms with Crippen molar-refractivity contribution in [2.24, 2.45) is 29.6 Å². The number of imidazole rings is 4. The van der Waals surface area contributed by atoms with Crippen molar-refractivity contribution in [2.45, 2.75) is 207 Å². The molecule has 133 heavy (non-hydrogen) atoms. The number of nitrogens with one attached hydrogen (secondary N) is 8. The van der Waals surface area contributed by atoms with Crippen molar-refractivity contribution in [1.82, 2.24) is 80.7 Å². The summed E-state index contributed by atoms with van der Waals surface area (Å²) in [4.78, 5) is 154. The Labute approximate surface area is 771 Å². The number of rotatable bonds is 23. The van der Waals surface area contributed by atoms with Gasteiger partial charge in [-0.2, -0.15) is 0 Å². The fourth-order valence-electron chi connectivity index (χ4n) is 19.0. The predicted octanol–water partition coefficient (Wildman–Crippen LogP) is 14.9. The third-order valence-electron chi connectivity index (χ3n) is 25.9. The van der Waals surface area contributed by atoms with E-state index < -0.39 is 66.2 Å². The van der Waals surface area contributed by atoms with Crippen LogP contribution in [0.15, 0.2) is 97.3 Å². The fraction of sp³-hybridized carbons (Fsp3) is 0.495. The number of carbonyl (C=O) groups is 9. The quantitative estimate of drug-likeness (QED) is 0.0269. The van der Waals surface area contributed by atoms with Crippen LogP contribution in [0.5, 0.6) is 11.5 Å². The van der Waals surface area contributed by atoms with Gasteiger partial charge in [0, 0.05) is 80.2 Å². The van der Waals surface area contributed by atoms with E-state index in [4.69, 9.17) is 67.7 Å². The van der Waals surface area contributed by atoms with Crippen molar-refractivity contribution in [1.29, 1.82) is 0 Å². The van der Waals surface area contributed by atoms with Gasteiger partial charge < -0.3 is 108 Å². The number of hydrogen-bond donors (Lipinski definition) is 9. The number of amides is 8. The molecule has 4 fully saturated rings. The summed E-state index contributed by atoms with van der Waals surface area (Å²) in [5, 5.41) is 22.9. The first kappa shape index (κ1) is 96.0. The summed E-state index contributed by atoms with van der Waals surface area (Å²) < 4.78 is 53.7. The van der Waals surface area contributed by atoms with Crippen molar-refractivity contribution in [3.8, 4) is 56.3 Å². The minimum absolute atomic E-state index is 0.0184. The second kappa shape index (κ2) is 40.6. The normalized spacial score (nSPS) is 20.1. The lowest BCUT2D eigenvalue weighted by atomic mass is 9.92. The number of carbonyl (C=O) groups excluding carboxylic acids is 8. The SMILES string of the molecule is COC(=O)NC(C(=O)O)C(C)C.COC[C@H]1CC(c2ncc(-c3ccc4c(c3)COc3cc5c(ccc6[nH]c([C@@H]7CC[C@H](C)N7C(=O)[C@@H](NC(=O)OC)C(C)C)nc65)cc3-4)[nH]2)N(C(=O)OC(C)(C)C)C1.COC[C@H]1CC(c2ncc(-c3ccc4c(c3)COc3cc5c(ccc6[nH]c([C@@H]7CC[C@H](C)N7C(=O)[C@@H](NC(=O)OC)C(C)C)nc65)cc3-4)[nH]2)N(C(=O)[C@@H](NC(=O)OC)C(C)OC)C1. The van der Waals surface area contributed by atoms with Crippen LogP contribution in [-0.2, 0) is 70.3 Å². The number of likely N-dealkylation sites (tertiary alicyclic amines) is 4. The van der Waals surface area contributed by atoms with Crippen LogP contribution in [-0.4, -0.2) is 243 Å². The lowest BCUT2D eigenvalue weighted by Gasteiger charge is -2.32. The van der Waals surface area contributed by atoms with E-state index in [0.29, 0.717) is 57.6 Å². The molecule has 9 N–H and O–H groups in total. The summed E-state index contributed by atoms with van der Waals surface area (Å²) in [5.74, 6) is 2.46. The molecule has 0 spiro atoms. The molecule has 0 bridgehead atoms. The van der Waals surface area contributed by atoms with Crippen LogP contribution in [0, 0.1) is 29.6 Å². The van der Waals surface area contributed by atoms with Gasteiger partial charge in [-0.1, -0.05) is 77.9 Å². The molecule has 0 saturated carbocycles. The van der Waals surface area contributed by atoms with Crippen LogP contribution >= 0.6 is 0 Å². The zero-order valence-corrected chi connectivity index (χ0v) is 78.7. The van der Waals surface area contributed by atoms with E-state index in [1.807, 2.05) is 90.4 Å². The standard InChI is InChI=1S/C46H56N8O9.C44H53N7O7.C7H13NO4/c1-23(2)38(51-45(57)61-7)44(56)54-24(3)9-14-35(54)42-48-33-13-11-27-17-32-30-12-10-28(16-29(30)22-63-37(32)18-31(27)40(33)50-42)34-19-47-41(49-34)36-15-26(21-59-5)20-53(36)43(55)39(25(4)60-6)52-46(58)62-8;1-23(2)37(49-42(53)56-8)41(52)51-24(3)9-14-34(51)40-46-32-13-11-26-17-31-29-12-10-27(16-28(29)22-57-36(31)18-30(26)38(32)48-40)33-19-45-39(47-33)35-15-25(21-55-7)20-50(35)43(54)58-44(4,5)6;1-4(2)5(6(9)10)8-7(11)12-3/h10-13,16-19,23-26,35-36,38-39H,9,14-15,20-22H2,1-8H3,(H,47,49)(H,48,50)(H,51,57)(H,52,58);10-13,16-19,23-25,34-35,37H,9,14-15,20-22H2,1-8H3,(H,45,47)(H,46,48)(H,49,53);4-5H,1-3H3,(H,8,11)(H,9,10)/t24-,25?,26-,35-,36?,38-,39-;24-,25-,34-,35?,37-;/m00./s1. The molecule has 4 saturated heterocycles. The van der Waals surface area contributed by atoms with E-state index in [9.17, 15) is 43.2 Å². The number of methoxy groups -OCH3 is 7. The summed E-state index contributed by atoms with van der Waals surface area (Å²) in [6, 6.07) is 24.7. The number of aromatic amines is 4. The number of aromatic nitrogens is 8. The number of aliphatic carboxylic acids is 1. The zero-order chi connectivity index (χ0) is 95.5. The number of nitrogens with zero attached hydrogens (tertiary/aromatic N) is 8. The zero-order valence-electron chi connectivity index (χ0n) is 78.7. The maximum atomic E-state index is 14.0. The van der Waals surface area contributed by atoms with Crippen molar-refractivity contribution in [3.63, 3.8) is 0 Å². The van der Waals surface area contributed by atoms with Crippen LogP contribution in [0.3, 0.4) is 0 Å². The highest BCUT2D eigenvalue weighted by Gasteiger charge is 2.47. The average Bonchev–Trinajstić information content (AvgIpc) is 1.72. The van der Waals surface area contributed by atoms with Crippen molar-refractivity contribution < 1.29 is 95.6 Å². The Balaban J connectivity index is 0.000000191. The maximum absolute atomic E-state index is 14.0. The van der Waals surface area contributed by atoms with Gasteiger partial charge in [-0.15, -0.1) is 0 Å². The molecule has 8 amide bonds. The molecule has 10 heterocycles. The Kier molecular flexibility index (Phi) is 29.3. The highest BCUT2D eigenvalue weighted by Crippen LogP contribution is 2.48. The molecule has 0 aliphatic carbocycles. The molecule has 36 nitrogen and oxygen atoms in total. The Morgan fingerprint density at radius 2 is 0.880 bits per heavy atom. The molecule has 4 aromatic heterocycles. The Hall–Kier alpha value is -13.1. The van der Waals surface area contributed by atoms with Crippen molar-refractivity contribution in [2.75, 3.05) is 76.1 Å². The van der Waals surface area contributed by atoms with Gasteiger partial charge in [-0.05, 0) is 191 Å². The smallest absolute Gasteiger partial charge is 0.410 e. The van der Waals surface area contributed by atoms with Crippen LogP contribution in [0.25, 0.3) is 88.4 Å². The lowest BCUT2D eigenvalue weighted by molar-refractivity contribution is -0.140. The molecule has 6 aliphatic rings. The third kappa shape index (κ3) is 20.5. The van der Waals surface area contributed by atoms with E-state index in [1.165, 1.54) is 35.5 Å². The molecular formula is C97H122N16O20. The summed E-state index contributed by atoms with van der Waals surface area (Å²) in [6.45, 7) is 25.2. The van der Waals surface area contributed by atoms with Gasteiger partial charge in [-0.3, -0.25) is 19.3 Å². The van der Waals surface area contributed by atoms with Gasteiger partial charge in [0.15, 0.2) is 0 Å². The maximum Gasteiger partial charge on any atom is 0.410 e. The third-order valence-corrected chi connectivity index (χ3v) is 25.9. The Morgan fingerprint density at radius 3 is 1.27 bits per heavy atom. The summed E-state index contributed by atoms with van der Waals surface area (Å²) in [7, 11) is 9.84. The monoisotopic (exact) mass is 1830 g/mol. The molecular weight excluding hydrogens is 1710 g/mol.